The van der Waals surface area contributed by atoms with Gasteiger partial charge in [-0.05, 0) is 44.0 Å². The maximum atomic E-state index is 12.9. The van der Waals surface area contributed by atoms with E-state index < -0.39 is 21.4 Å². The normalized spacial score (nSPS) is 20.5. The summed E-state index contributed by atoms with van der Waals surface area (Å²) in [4.78, 5) is 16.9. The first-order chi connectivity index (χ1) is 8.27. The molecule has 1 amide bonds. The first-order valence-electron chi connectivity index (χ1n) is 4.84. The lowest BCUT2D eigenvalue weighted by Crippen LogP contribution is -2.27. The molecule has 2 heterocycles. The van der Waals surface area contributed by atoms with Gasteiger partial charge in [0.05, 0.1) is 0 Å². The molecule has 0 saturated carbocycles. The summed E-state index contributed by atoms with van der Waals surface area (Å²) in [6, 6.07) is 3.13. The van der Waals surface area contributed by atoms with E-state index in [1.165, 1.54) is 4.90 Å². The van der Waals surface area contributed by atoms with Crippen LogP contribution in [0.25, 0.3) is 0 Å². The molecule has 1 saturated heterocycles. The zero-order valence-electron chi connectivity index (χ0n) is 8.81. The molecule has 98 valence electrons. The van der Waals surface area contributed by atoms with Crippen LogP contribution in [0, 0.1) is 0 Å². The monoisotopic (exact) mass is 400 g/mol. The summed E-state index contributed by atoms with van der Waals surface area (Å²) < 4.78 is 35.5. The van der Waals surface area contributed by atoms with Crippen LogP contribution in [0.2, 0.25) is 0 Å². The van der Waals surface area contributed by atoms with Crippen molar-refractivity contribution >= 4 is 53.7 Å². The van der Waals surface area contributed by atoms with E-state index in [4.69, 9.17) is 0 Å². The average molecular weight is 402 g/mol. The molecule has 0 radical (unpaired) electrons. The van der Waals surface area contributed by atoms with E-state index in [0.717, 1.165) is 0 Å². The molecule has 0 aliphatic carbocycles. The van der Waals surface area contributed by atoms with Gasteiger partial charge in [0.15, 0.2) is 0 Å². The summed E-state index contributed by atoms with van der Waals surface area (Å²) in [6.45, 7) is -0.180. The number of hydrogen-bond donors (Lipinski definition) is 0. The first-order valence-corrected chi connectivity index (χ1v) is 7.87. The van der Waals surface area contributed by atoms with Crippen LogP contribution < -0.4 is 4.90 Å². The van der Waals surface area contributed by atoms with Crippen LogP contribution in [0.5, 0.6) is 0 Å². The van der Waals surface area contributed by atoms with Gasteiger partial charge in [-0.2, -0.15) is 8.42 Å². The maximum absolute atomic E-state index is 12.9. The number of rotatable bonds is 2. The van der Waals surface area contributed by atoms with Crippen LogP contribution in [0.4, 0.5) is 9.57 Å². The minimum Gasteiger partial charge on any atom is -0.311 e. The molecular formula is C9H7Br2FN2O3S. The molecule has 18 heavy (non-hydrogen) atoms. The number of carbonyl (C=O) groups excluding carboxylic acids is 1. The molecule has 9 heteroatoms. The standard InChI is InChI=1S/C9H7Br2FN2O3S/c10-7-1-5(2-8(11)13-7)14-4-6(3-9(14)15)18(12,16)17/h1-2,6H,3-4H2. The molecule has 0 N–H and O–H groups in total. The molecule has 1 aliphatic rings. The topological polar surface area (TPSA) is 67.3 Å². The summed E-state index contributed by atoms with van der Waals surface area (Å²) in [6.07, 6.45) is -0.337. The van der Waals surface area contributed by atoms with Crippen LogP contribution in [0.15, 0.2) is 21.3 Å². The molecule has 1 fully saturated rings. The SMILES string of the molecule is O=C1CC(S(=O)(=O)F)CN1c1cc(Br)nc(Br)c1. The van der Waals surface area contributed by atoms with Crippen LogP contribution in [0.3, 0.4) is 0 Å². The molecule has 0 bridgehead atoms. The molecule has 2 rings (SSSR count). The van der Waals surface area contributed by atoms with Crippen molar-refractivity contribution in [2.45, 2.75) is 11.7 Å². The quantitative estimate of drug-likeness (QED) is 0.561. The second-order valence-corrected chi connectivity index (χ2v) is 7.02. The Hall–Kier alpha value is -0.540. The number of halogens is 3. The molecule has 1 aromatic rings. The summed E-state index contributed by atoms with van der Waals surface area (Å²) in [7, 11) is -4.70. The highest BCUT2D eigenvalue weighted by Crippen LogP contribution is 2.29. The highest BCUT2D eigenvalue weighted by Gasteiger charge is 2.39. The Morgan fingerprint density at radius 2 is 1.89 bits per heavy atom. The van der Waals surface area contributed by atoms with E-state index in [-0.39, 0.29) is 13.0 Å². The van der Waals surface area contributed by atoms with Crippen LogP contribution >= 0.6 is 31.9 Å². The third kappa shape index (κ3) is 2.89. The second-order valence-electron chi connectivity index (χ2n) is 3.78. The van der Waals surface area contributed by atoms with Gasteiger partial charge in [0, 0.05) is 18.7 Å². The lowest BCUT2D eigenvalue weighted by Gasteiger charge is -2.16. The summed E-state index contributed by atoms with van der Waals surface area (Å²) in [5.74, 6) is -0.425. The van der Waals surface area contributed by atoms with E-state index in [2.05, 4.69) is 36.8 Å². The highest BCUT2D eigenvalue weighted by atomic mass is 79.9. The number of carbonyl (C=O) groups is 1. The Labute approximate surface area is 120 Å². The summed E-state index contributed by atoms with van der Waals surface area (Å²) in [5, 5.41) is -1.30. The van der Waals surface area contributed by atoms with Gasteiger partial charge < -0.3 is 4.90 Å². The molecule has 1 aliphatic heterocycles. The van der Waals surface area contributed by atoms with Crippen molar-refractivity contribution < 1.29 is 17.1 Å². The van der Waals surface area contributed by atoms with Crippen molar-refractivity contribution in [1.29, 1.82) is 0 Å². The van der Waals surface area contributed by atoms with E-state index in [1.54, 1.807) is 12.1 Å². The Kier molecular flexibility index (Phi) is 3.75. The van der Waals surface area contributed by atoms with E-state index in [1.807, 2.05) is 0 Å². The van der Waals surface area contributed by atoms with E-state index >= 15 is 0 Å². The third-order valence-electron chi connectivity index (χ3n) is 2.55. The number of pyridine rings is 1. The van der Waals surface area contributed by atoms with Crippen molar-refractivity contribution in [2.75, 3.05) is 11.4 Å². The predicted octanol–water partition coefficient (Wildman–Crippen LogP) is 2.01. The molecular weight excluding hydrogens is 395 g/mol. The number of amides is 1. The van der Waals surface area contributed by atoms with Crippen molar-refractivity contribution in [2.24, 2.45) is 0 Å². The van der Waals surface area contributed by atoms with Gasteiger partial charge in [-0.3, -0.25) is 4.79 Å². The fourth-order valence-corrected chi connectivity index (χ4v) is 3.48. The Bertz CT molecular complexity index is 588. The minimum atomic E-state index is -4.70. The smallest absolute Gasteiger partial charge is 0.307 e. The number of hydrogen-bond acceptors (Lipinski definition) is 4. The minimum absolute atomic E-state index is 0.180. The van der Waals surface area contributed by atoms with E-state index in [0.29, 0.717) is 14.9 Å². The summed E-state index contributed by atoms with van der Waals surface area (Å²) in [5.41, 5.74) is 0.472. The second kappa shape index (κ2) is 4.86. The van der Waals surface area contributed by atoms with Gasteiger partial charge in [-0.1, -0.05) is 0 Å². The predicted molar refractivity (Wildman–Crippen MR) is 70.4 cm³/mol. The molecule has 1 unspecified atom stereocenters. The fraction of sp³-hybridized carbons (Fsp3) is 0.333. The van der Waals surface area contributed by atoms with Crippen molar-refractivity contribution in [3.63, 3.8) is 0 Å². The average Bonchev–Trinajstić information content (AvgIpc) is 2.58. The van der Waals surface area contributed by atoms with Gasteiger partial charge in [0.1, 0.15) is 14.5 Å². The Balaban J connectivity index is 2.32. The Morgan fingerprint density at radius 3 is 2.33 bits per heavy atom. The lowest BCUT2D eigenvalue weighted by atomic mass is 10.4. The zero-order valence-corrected chi connectivity index (χ0v) is 12.8. The number of aromatic nitrogens is 1. The number of anilines is 1. The highest BCUT2D eigenvalue weighted by molar-refractivity contribution is 9.11. The van der Waals surface area contributed by atoms with E-state index in [9.17, 15) is 17.1 Å². The van der Waals surface area contributed by atoms with Crippen LogP contribution in [-0.4, -0.2) is 31.1 Å². The van der Waals surface area contributed by atoms with Gasteiger partial charge in [-0.25, -0.2) is 4.98 Å². The first kappa shape index (κ1) is 13.9. The van der Waals surface area contributed by atoms with Crippen molar-refractivity contribution in [1.82, 2.24) is 4.98 Å². The zero-order chi connectivity index (χ0) is 13.5. The van der Waals surface area contributed by atoms with Gasteiger partial charge in [-0.15, -0.1) is 3.89 Å². The molecule has 5 nitrogen and oxygen atoms in total. The fourth-order valence-electron chi connectivity index (χ4n) is 1.72. The maximum Gasteiger partial charge on any atom is 0.307 e. The molecule has 0 aromatic carbocycles. The van der Waals surface area contributed by atoms with Crippen molar-refractivity contribution in [3.8, 4) is 0 Å². The lowest BCUT2D eigenvalue weighted by molar-refractivity contribution is -0.117. The molecule has 1 atom stereocenters. The van der Waals surface area contributed by atoms with Crippen LogP contribution in [-0.2, 0) is 15.0 Å². The molecule has 1 aromatic heterocycles. The third-order valence-corrected chi connectivity index (χ3v) is 4.47. The van der Waals surface area contributed by atoms with Crippen LogP contribution in [0.1, 0.15) is 6.42 Å². The van der Waals surface area contributed by atoms with Gasteiger partial charge in [0.25, 0.3) is 0 Å². The molecule has 0 spiro atoms. The largest absolute Gasteiger partial charge is 0.311 e. The van der Waals surface area contributed by atoms with Gasteiger partial charge in [0.2, 0.25) is 5.91 Å². The summed E-state index contributed by atoms with van der Waals surface area (Å²) >= 11 is 6.33. The Morgan fingerprint density at radius 1 is 1.33 bits per heavy atom. The van der Waals surface area contributed by atoms with Crippen molar-refractivity contribution in [3.05, 3.63) is 21.3 Å². The number of nitrogens with zero attached hydrogens (tertiary/aromatic N) is 2. The van der Waals surface area contributed by atoms with Gasteiger partial charge >= 0.3 is 10.2 Å².